The van der Waals surface area contributed by atoms with Gasteiger partial charge < -0.3 is 18.8 Å². The molecule has 0 fully saturated rings. The number of ether oxygens (including phenoxy) is 2. The summed E-state index contributed by atoms with van der Waals surface area (Å²) in [4.78, 5) is 20.2. The van der Waals surface area contributed by atoms with Crippen molar-refractivity contribution in [3.05, 3.63) is 119 Å². The first-order valence-corrected chi connectivity index (χ1v) is 13.5. The van der Waals surface area contributed by atoms with Crippen molar-refractivity contribution in [2.24, 2.45) is 4.99 Å². The lowest BCUT2D eigenvalue weighted by Crippen LogP contribution is -2.29. The van der Waals surface area contributed by atoms with Gasteiger partial charge in [-0.2, -0.15) is 5.26 Å². The third-order valence-corrected chi connectivity index (χ3v) is 7.50. The zero-order valence-electron chi connectivity index (χ0n) is 22.8. The molecule has 5 aromatic rings. The Balaban J connectivity index is 1.51. The van der Waals surface area contributed by atoms with Gasteiger partial charge in [-0.1, -0.05) is 60.1 Å². The number of para-hydroxylation sites is 1. The minimum atomic E-state index is -0.312. The fourth-order valence-corrected chi connectivity index (χ4v) is 5.20. The summed E-state index contributed by atoms with van der Waals surface area (Å²) in [5, 5.41) is 11.0. The molecular formula is C34H24ClN3O4. The average Bonchev–Trinajstić information content (AvgIpc) is 3.53. The lowest BCUT2D eigenvalue weighted by molar-refractivity contribution is -0.112. The molecule has 7 nitrogen and oxygen atoms in total. The molecule has 0 aliphatic carbocycles. The van der Waals surface area contributed by atoms with E-state index >= 15 is 0 Å². The van der Waals surface area contributed by atoms with E-state index in [1.54, 1.807) is 25.2 Å². The van der Waals surface area contributed by atoms with E-state index in [-0.39, 0.29) is 29.6 Å². The van der Waals surface area contributed by atoms with Crippen LogP contribution in [0.2, 0.25) is 5.02 Å². The van der Waals surface area contributed by atoms with Gasteiger partial charge in [-0.05, 0) is 59.7 Å². The number of nitrogens with zero attached hydrogens (tertiary/aromatic N) is 3. The van der Waals surface area contributed by atoms with Crippen LogP contribution in [0, 0.1) is 11.3 Å². The Morgan fingerprint density at radius 3 is 2.12 bits per heavy atom. The Morgan fingerprint density at radius 1 is 0.857 bits per heavy atom. The quantitative estimate of drug-likeness (QED) is 0.198. The highest BCUT2D eigenvalue weighted by Crippen LogP contribution is 2.44. The Kier molecular flexibility index (Phi) is 7.22. The molecule has 8 heteroatoms. The summed E-state index contributed by atoms with van der Waals surface area (Å²) in [6.07, 6.45) is 0. The summed E-state index contributed by atoms with van der Waals surface area (Å²) >= 11 is 6.42. The summed E-state index contributed by atoms with van der Waals surface area (Å²) < 4.78 is 17.0. The van der Waals surface area contributed by atoms with Crippen LogP contribution in [-0.4, -0.2) is 25.8 Å². The van der Waals surface area contributed by atoms with Gasteiger partial charge in [0.25, 0.3) is 5.91 Å². The normalized spacial score (nSPS) is 13.2. The molecule has 0 bridgehead atoms. The van der Waals surface area contributed by atoms with Gasteiger partial charge in [0, 0.05) is 21.7 Å². The fourth-order valence-electron chi connectivity index (χ4n) is 5.01. The zero-order valence-corrected chi connectivity index (χ0v) is 23.6. The summed E-state index contributed by atoms with van der Waals surface area (Å²) in [6.45, 7) is 0.270. The standard InChI is InChI=1S/C34H24ClN3O4/c1-40-24-15-11-21(12-16-24)30-27(19-36)33(42-32(30)22-13-17-25(41-2)18-14-22)37-31-26-8-4-6-10-29(26)38(34(31)39)20-23-7-3-5-9-28(23)35/h3-18H,20H2,1-2H3. The molecule has 1 aliphatic heterocycles. The van der Waals surface area contributed by atoms with Crippen LogP contribution in [0.15, 0.2) is 106 Å². The first-order chi connectivity index (χ1) is 20.5. The molecule has 0 N–H and O–H groups in total. The van der Waals surface area contributed by atoms with Gasteiger partial charge in [-0.15, -0.1) is 0 Å². The van der Waals surface area contributed by atoms with Crippen LogP contribution in [0.5, 0.6) is 11.5 Å². The first-order valence-electron chi connectivity index (χ1n) is 13.1. The van der Waals surface area contributed by atoms with E-state index in [9.17, 15) is 10.1 Å². The van der Waals surface area contributed by atoms with Crippen molar-refractivity contribution in [3.63, 3.8) is 0 Å². The Hall–Kier alpha value is -5.32. The third kappa shape index (κ3) is 4.78. The van der Waals surface area contributed by atoms with Crippen LogP contribution < -0.4 is 14.4 Å². The monoisotopic (exact) mass is 573 g/mol. The molecular weight excluding hydrogens is 550 g/mol. The van der Waals surface area contributed by atoms with E-state index in [4.69, 9.17) is 30.5 Å². The molecule has 0 radical (unpaired) electrons. The highest BCUT2D eigenvalue weighted by Gasteiger charge is 2.35. The van der Waals surface area contributed by atoms with Crippen LogP contribution in [0.1, 0.15) is 16.7 Å². The van der Waals surface area contributed by atoms with Crippen molar-refractivity contribution in [2.75, 3.05) is 19.1 Å². The molecule has 4 aromatic carbocycles. The number of benzene rings is 4. The van der Waals surface area contributed by atoms with Crippen molar-refractivity contribution < 1.29 is 18.7 Å². The number of halogens is 1. The van der Waals surface area contributed by atoms with Crippen LogP contribution in [0.3, 0.4) is 0 Å². The molecule has 0 saturated heterocycles. The summed E-state index contributed by atoms with van der Waals surface area (Å²) in [5.74, 6) is 1.55. The molecule has 1 amide bonds. The number of amides is 1. The van der Waals surface area contributed by atoms with E-state index < -0.39 is 0 Å². The predicted octanol–water partition coefficient (Wildman–Crippen LogP) is 7.82. The number of methoxy groups -OCH3 is 2. The number of hydrogen-bond donors (Lipinski definition) is 0. The maximum absolute atomic E-state index is 13.9. The lowest BCUT2D eigenvalue weighted by Gasteiger charge is -2.17. The minimum absolute atomic E-state index is 0.0480. The number of carbonyl (C=O) groups excluding carboxylic acids is 1. The topological polar surface area (TPSA) is 88.1 Å². The fraction of sp³-hybridized carbons (Fsp3) is 0.0882. The molecule has 42 heavy (non-hydrogen) atoms. The van der Waals surface area contributed by atoms with Crippen LogP contribution in [0.25, 0.3) is 22.5 Å². The van der Waals surface area contributed by atoms with Crippen molar-refractivity contribution in [1.29, 1.82) is 5.26 Å². The highest BCUT2D eigenvalue weighted by molar-refractivity contribution is 6.54. The largest absolute Gasteiger partial charge is 0.497 e. The molecule has 0 spiro atoms. The number of rotatable bonds is 7. The number of carbonyl (C=O) groups is 1. The van der Waals surface area contributed by atoms with Gasteiger partial charge in [0.2, 0.25) is 5.88 Å². The Morgan fingerprint density at radius 2 is 1.48 bits per heavy atom. The molecule has 1 aromatic heterocycles. The molecule has 2 heterocycles. The van der Waals surface area contributed by atoms with Gasteiger partial charge in [0.05, 0.1) is 26.5 Å². The van der Waals surface area contributed by atoms with Gasteiger partial charge in [-0.25, -0.2) is 4.99 Å². The average molecular weight is 574 g/mol. The molecule has 206 valence electrons. The zero-order chi connectivity index (χ0) is 29.2. The second-order valence-electron chi connectivity index (χ2n) is 9.52. The van der Waals surface area contributed by atoms with E-state index in [0.29, 0.717) is 39.1 Å². The molecule has 0 unspecified atom stereocenters. The molecule has 1 aliphatic rings. The first kappa shape index (κ1) is 26.9. The predicted molar refractivity (Wildman–Crippen MR) is 163 cm³/mol. The molecule has 6 rings (SSSR count). The Bertz CT molecular complexity index is 1870. The number of furan rings is 1. The van der Waals surface area contributed by atoms with Crippen molar-refractivity contribution in [2.45, 2.75) is 6.54 Å². The van der Waals surface area contributed by atoms with Crippen molar-refractivity contribution in [3.8, 4) is 40.0 Å². The lowest BCUT2D eigenvalue weighted by atomic mass is 9.98. The summed E-state index contributed by atoms with van der Waals surface area (Å²) in [7, 11) is 3.19. The number of fused-ring (bicyclic) bond motifs is 1. The SMILES string of the molecule is COc1ccc(-c2oc(N=C3C(=O)N(Cc4ccccc4Cl)c4ccccc43)c(C#N)c2-c2ccc(OC)cc2)cc1. The molecule has 0 atom stereocenters. The van der Waals surface area contributed by atoms with Gasteiger partial charge in [-0.3, -0.25) is 4.79 Å². The second kappa shape index (κ2) is 11.3. The number of anilines is 1. The van der Waals surface area contributed by atoms with E-state index in [1.165, 1.54) is 0 Å². The van der Waals surface area contributed by atoms with E-state index in [0.717, 1.165) is 16.7 Å². The maximum atomic E-state index is 13.9. The van der Waals surface area contributed by atoms with Gasteiger partial charge in [0.15, 0.2) is 0 Å². The number of aliphatic imine (C=N–C) groups is 1. The van der Waals surface area contributed by atoms with Gasteiger partial charge >= 0.3 is 0 Å². The third-order valence-electron chi connectivity index (χ3n) is 7.13. The summed E-state index contributed by atoms with van der Waals surface area (Å²) in [6, 6.07) is 31.8. The molecule has 0 saturated carbocycles. The van der Waals surface area contributed by atoms with Crippen LogP contribution >= 0.6 is 11.6 Å². The van der Waals surface area contributed by atoms with Crippen LogP contribution in [-0.2, 0) is 11.3 Å². The van der Waals surface area contributed by atoms with Gasteiger partial charge in [0.1, 0.15) is 34.6 Å². The Labute approximate surface area is 247 Å². The van der Waals surface area contributed by atoms with Crippen LogP contribution in [0.4, 0.5) is 11.6 Å². The number of hydrogen-bond acceptors (Lipinski definition) is 6. The van der Waals surface area contributed by atoms with Crippen molar-refractivity contribution >= 4 is 34.8 Å². The number of nitriles is 1. The van der Waals surface area contributed by atoms with E-state index in [1.807, 2.05) is 91.0 Å². The van der Waals surface area contributed by atoms with Crippen molar-refractivity contribution in [1.82, 2.24) is 0 Å². The second-order valence-corrected chi connectivity index (χ2v) is 9.92. The minimum Gasteiger partial charge on any atom is -0.497 e. The maximum Gasteiger partial charge on any atom is 0.278 e. The summed E-state index contributed by atoms with van der Waals surface area (Å²) in [5.41, 5.74) is 4.59. The van der Waals surface area contributed by atoms with E-state index in [2.05, 4.69) is 6.07 Å². The highest BCUT2D eigenvalue weighted by atomic mass is 35.5. The smallest absolute Gasteiger partial charge is 0.278 e.